The van der Waals surface area contributed by atoms with Crippen LogP contribution in [0.2, 0.25) is 12.1 Å². The topological polar surface area (TPSA) is 26.3 Å². The highest BCUT2D eigenvalue weighted by atomic mass is 28.3. The molecule has 2 nitrogen and oxygen atoms in total. The van der Waals surface area contributed by atoms with Gasteiger partial charge >= 0.3 is 0 Å². The van der Waals surface area contributed by atoms with Crippen LogP contribution in [0.25, 0.3) is 0 Å². The van der Waals surface area contributed by atoms with Crippen molar-refractivity contribution in [3.63, 3.8) is 0 Å². The zero-order valence-electron chi connectivity index (χ0n) is 23.3. The van der Waals surface area contributed by atoms with Crippen LogP contribution < -0.4 is 20.7 Å². The number of fused-ring (bicyclic) bond motifs is 1. The number of allylic oxidation sites excluding steroid dienone is 4. The molecule has 1 heterocycles. The van der Waals surface area contributed by atoms with Crippen molar-refractivity contribution in [2.24, 2.45) is 0 Å². The van der Waals surface area contributed by atoms with Crippen LogP contribution in [-0.2, 0) is 9.53 Å². The molecule has 41 heavy (non-hydrogen) atoms. The van der Waals surface area contributed by atoms with E-state index in [4.69, 9.17) is 4.74 Å². The Morgan fingerprint density at radius 3 is 1.10 bits per heavy atom. The normalized spacial score (nSPS) is 15.3. The fourth-order valence-corrected chi connectivity index (χ4v) is 16.8. The minimum atomic E-state index is -2.82. The maximum absolute atomic E-state index is 15.5. The molecule has 0 N–H and O–H groups in total. The molecule has 1 aliphatic carbocycles. The lowest BCUT2D eigenvalue weighted by atomic mass is 10.2. The van der Waals surface area contributed by atoms with E-state index in [-0.39, 0.29) is 5.78 Å². The summed E-state index contributed by atoms with van der Waals surface area (Å²) < 4.78 is 6.24. The van der Waals surface area contributed by atoms with E-state index in [1.807, 2.05) is 12.2 Å². The highest BCUT2D eigenvalue weighted by Crippen LogP contribution is 2.43. The number of Topliss-reactive ketones (excluding diaryl/α,β-unsaturated/α-hetero) is 1. The van der Waals surface area contributed by atoms with E-state index in [2.05, 4.69) is 134 Å². The van der Waals surface area contributed by atoms with Gasteiger partial charge in [-0.2, -0.15) is 0 Å². The lowest BCUT2D eigenvalue weighted by Crippen LogP contribution is -2.64. The Hall–Kier alpha value is -4.10. The molecule has 0 unspecified atom stereocenters. The molecule has 6 rings (SSSR count). The maximum atomic E-state index is 15.5. The molecular formula is C37H34O2Si2. The Balaban J connectivity index is 1.67. The molecule has 1 fully saturated rings. The van der Waals surface area contributed by atoms with Crippen LogP contribution in [0.1, 0.15) is 0 Å². The summed E-state index contributed by atoms with van der Waals surface area (Å²) in [6.07, 6.45) is 4.03. The van der Waals surface area contributed by atoms with Crippen molar-refractivity contribution >= 4 is 42.7 Å². The number of carbonyl (C=O) groups excluding carboxylic acids is 1. The number of hydrogen-bond donors (Lipinski definition) is 0. The Morgan fingerprint density at radius 1 is 0.537 bits per heavy atom. The molecule has 0 radical (unpaired) electrons. The minimum Gasteiger partial charge on any atom is -0.372 e. The third-order valence-corrected chi connectivity index (χ3v) is 18.6. The molecule has 202 valence electrons. The lowest BCUT2D eigenvalue weighted by Gasteiger charge is -2.37. The van der Waals surface area contributed by atoms with Gasteiger partial charge in [-0.3, -0.25) is 4.79 Å². The van der Waals surface area contributed by atoms with Gasteiger partial charge in [0.05, 0.1) is 13.2 Å². The molecule has 4 aromatic rings. The maximum Gasteiger partial charge on any atom is 0.179 e. The summed E-state index contributed by atoms with van der Waals surface area (Å²) in [5.41, 5.74) is 2.22. The molecule has 0 atom stereocenters. The average Bonchev–Trinajstić information content (AvgIpc) is 3.61. The molecule has 1 aliphatic heterocycles. The minimum absolute atomic E-state index is 0.209. The highest BCUT2D eigenvalue weighted by molar-refractivity contribution is 7.15. The van der Waals surface area contributed by atoms with Gasteiger partial charge in [0.15, 0.2) is 21.9 Å². The second-order valence-corrected chi connectivity index (χ2v) is 18.5. The van der Waals surface area contributed by atoms with E-state index in [1.54, 1.807) is 0 Å². The van der Waals surface area contributed by atoms with Gasteiger partial charge in [-0.05, 0) is 44.0 Å². The van der Waals surface area contributed by atoms with Gasteiger partial charge in [-0.1, -0.05) is 133 Å². The number of benzene rings is 4. The molecule has 0 amide bonds. The van der Waals surface area contributed by atoms with E-state index in [9.17, 15) is 0 Å². The molecule has 0 saturated carbocycles. The van der Waals surface area contributed by atoms with Crippen molar-refractivity contribution in [3.8, 4) is 0 Å². The van der Waals surface area contributed by atoms with E-state index in [1.165, 1.54) is 20.7 Å². The molecule has 2 aliphatic rings. The van der Waals surface area contributed by atoms with Crippen molar-refractivity contribution < 1.29 is 9.53 Å². The molecule has 4 heteroatoms. The van der Waals surface area contributed by atoms with Crippen molar-refractivity contribution in [2.75, 3.05) is 13.2 Å². The fourth-order valence-electron chi connectivity index (χ4n) is 7.09. The summed E-state index contributed by atoms with van der Waals surface area (Å²) in [6, 6.07) is 44.1. The number of carbonyl (C=O) groups is 1. The molecule has 0 aromatic heterocycles. The first-order chi connectivity index (χ1) is 20.2. The average molecular weight is 567 g/mol. The van der Waals surface area contributed by atoms with Crippen LogP contribution >= 0.6 is 0 Å². The van der Waals surface area contributed by atoms with E-state index < -0.39 is 16.1 Å². The number of rotatable bonds is 10. The van der Waals surface area contributed by atoms with Gasteiger partial charge in [-0.25, -0.2) is 0 Å². The Morgan fingerprint density at radius 2 is 0.829 bits per heavy atom. The third kappa shape index (κ3) is 4.31. The van der Waals surface area contributed by atoms with Gasteiger partial charge in [0.2, 0.25) is 0 Å². The summed E-state index contributed by atoms with van der Waals surface area (Å²) in [7, 11) is -5.64. The number of ketones is 1. The predicted octanol–water partition coefficient (Wildman–Crippen LogP) is 5.17. The zero-order chi connectivity index (χ0) is 28.3. The van der Waals surface area contributed by atoms with Crippen LogP contribution in [0.4, 0.5) is 0 Å². The second-order valence-electron chi connectivity index (χ2n) is 10.8. The summed E-state index contributed by atoms with van der Waals surface area (Å²) in [5.74, 6) is 0.209. The van der Waals surface area contributed by atoms with Crippen LogP contribution in [0.15, 0.2) is 168 Å². The Labute approximate surface area is 245 Å². The summed E-state index contributed by atoms with van der Waals surface area (Å²) in [4.78, 5) is 15.5. The number of hydrogen-bond acceptors (Lipinski definition) is 2. The van der Waals surface area contributed by atoms with Crippen molar-refractivity contribution in [2.45, 2.75) is 12.1 Å². The summed E-state index contributed by atoms with van der Waals surface area (Å²) in [6.45, 7) is 9.38. The van der Waals surface area contributed by atoms with Crippen molar-refractivity contribution in [1.82, 2.24) is 0 Å². The van der Waals surface area contributed by atoms with Crippen molar-refractivity contribution in [3.05, 3.63) is 168 Å². The van der Waals surface area contributed by atoms with Crippen LogP contribution in [0.3, 0.4) is 0 Å². The van der Waals surface area contributed by atoms with Crippen molar-refractivity contribution in [1.29, 1.82) is 0 Å². The first kappa shape index (κ1) is 27.1. The standard InChI is InChI=1S/C37H34O2Si2/c1-3-25-40(29-17-9-5-10-18-29,30-19-11-6-12-20-30)36-33-27-39-28-34(33)37(35(36)38)41(26-4-2,31-21-13-7-14-22-31)32-23-15-8-16-24-32/h3-24H,1-2,25-28H2. The van der Waals surface area contributed by atoms with E-state index in [0.717, 1.165) is 33.6 Å². The van der Waals surface area contributed by atoms with Gasteiger partial charge in [-0.15, -0.1) is 13.2 Å². The van der Waals surface area contributed by atoms with E-state index in [0.29, 0.717) is 13.2 Å². The smallest absolute Gasteiger partial charge is 0.179 e. The third-order valence-electron chi connectivity index (χ3n) is 8.74. The quantitative estimate of drug-likeness (QED) is 0.196. The molecule has 1 saturated heterocycles. The highest BCUT2D eigenvalue weighted by Gasteiger charge is 2.55. The largest absolute Gasteiger partial charge is 0.372 e. The van der Waals surface area contributed by atoms with Gasteiger partial charge in [0.1, 0.15) is 0 Å². The SMILES string of the molecule is C=CC[Si](C1=C2COCC2=C([Si](CC=C)(c2ccccc2)c2ccccc2)C1=O)(c1ccccc1)c1ccccc1. The Kier molecular flexibility index (Phi) is 7.54. The van der Waals surface area contributed by atoms with Gasteiger partial charge < -0.3 is 4.74 Å². The molecule has 0 spiro atoms. The molecular weight excluding hydrogens is 533 g/mol. The van der Waals surface area contributed by atoms with Gasteiger partial charge in [0.25, 0.3) is 0 Å². The van der Waals surface area contributed by atoms with Gasteiger partial charge in [0, 0.05) is 10.4 Å². The van der Waals surface area contributed by atoms with E-state index >= 15 is 4.79 Å². The fraction of sp³-hybridized carbons (Fsp3) is 0.108. The first-order valence-corrected chi connectivity index (χ1v) is 18.6. The lowest BCUT2D eigenvalue weighted by molar-refractivity contribution is -0.111. The second kappa shape index (κ2) is 11.4. The predicted molar refractivity (Wildman–Crippen MR) is 176 cm³/mol. The molecule has 0 bridgehead atoms. The summed E-state index contributed by atoms with van der Waals surface area (Å²) in [5, 5.41) is 6.86. The van der Waals surface area contributed by atoms with Crippen LogP contribution in [0, 0.1) is 0 Å². The summed E-state index contributed by atoms with van der Waals surface area (Å²) >= 11 is 0. The van der Waals surface area contributed by atoms with Crippen LogP contribution in [-0.4, -0.2) is 35.1 Å². The number of ether oxygens (including phenoxy) is 1. The first-order valence-electron chi connectivity index (χ1n) is 14.2. The molecule has 4 aromatic carbocycles. The monoisotopic (exact) mass is 566 g/mol. The Bertz CT molecular complexity index is 1440. The van der Waals surface area contributed by atoms with Crippen LogP contribution in [0.5, 0.6) is 0 Å². The zero-order valence-corrected chi connectivity index (χ0v) is 25.3.